The minimum absolute atomic E-state index is 0.0925. The Hall–Kier alpha value is -1.11. The number of aliphatic carboxylic acids is 1. The van der Waals surface area contributed by atoms with Crippen molar-refractivity contribution in [1.82, 2.24) is 4.72 Å². The molecule has 1 fully saturated rings. The minimum atomic E-state index is -3.65. The average molecular weight is 318 g/mol. The average Bonchev–Trinajstić information content (AvgIpc) is 2.85. The largest absolute Gasteiger partial charge is 0.481 e. The second-order valence-electron chi connectivity index (χ2n) is 4.94. The highest BCUT2D eigenvalue weighted by Gasteiger charge is 2.33. The van der Waals surface area contributed by atoms with Crippen molar-refractivity contribution in [2.45, 2.75) is 24.2 Å². The zero-order chi connectivity index (χ0) is 14.8. The van der Waals surface area contributed by atoms with Crippen molar-refractivity contribution in [3.05, 3.63) is 29.3 Å². The molecule has 7 heteroatoms. The van der Waals surface area contributed by atoms with Crippen LogP contribution in [-0.2, 0) is 14.8 Å². The summed E-state index contributed by atoms with van der Waals surface area (Å²) in [5.41, 5.74) is 0. The Morgan fingerprint density at radius 1 is 1.40 bits per heavy atom. The lowest BCUT2D eigenvalue weighted by Crippen LogP contribution is -2.33. The minimum Gasteiger partial charge on any atom is -0.481 e. The summed E-state index contributed by atoms with van der Waals surface area (Å²) >= 11 is 5.77. The van der Waals surface area contributed by atoms with Crippen LogP contribution >= 0.6 is 11.6 Å². The van der Waals surface area contributed by atoms with Gasteiger partial charge in [-0.15, -0.1) is 0 Å². The Balaban J connectivity index is 2.04. The fourth-order valence-electron chi connectivity index (χ4n) is 2.54. The molecular weight excluding hydrogens is 302 g/mol. The fraction of sp³-hybridized carbons (Fsp3) is 0.462. The molecule has 0 amide bonds. The smallest absolute Gasteiger partial charge is 0.306 e. The van der Waals surface area contributed by atoms with Crippen LogP contribution in [0.2, 0.25) is 5.02 Å². The Labute approximate surface area is 123 Å². The number of carboxylic acids is 1. The summed E-state index contributed by atoms with van der Waals surface area (Å²) in [6, 6.07) is 5.98. The highest BCUT2D eigenvalue weighted by molar-refractivity contribution is 7.89. The van der Waals surface area contributed by atoms with E-state index in [1.165, 1.54) is 12.1 Å². The van der Waals surface area contributed by atoms with Crippen molar-refractivity contribution >= 4 is 27.6 Å². The van der Waals surface area contributed by atoms with Gasteiger partial charge in [-0.25, -0.2) is 13.1 Å². The highest BCUT2D eigenvalue weighted by atomic mass is 35.5. The second-order valence-corrected chi connectivity index (χ2v) is 7.15. The number of halogens is 1. The van der Waals surface area contributed by atoms with Crippen molar-refractivity contribution in [2.24, 2.45) is 11.8 Å². The maximum Gasteiger partial charge on any atom is 0.306 e. The third-order valence-corrected chi connectivity index (χ3v) is 5.27. The molecule has 0 saturated heterocycles. The van der Waals surface area contributed by atoms with Gasteiger partial charge in [0.25, 0.3) is 0 Å². The van der Waals surface area contributed by atoms with Crippen molar-refractivity contribution in [1.29, 1.82) is 0 Å². The zero-order valence-electron chi connectivity index (χ0n) is 10.8. The molecule has 0 aromatic heterocycles. The van der Waals surface area contributed by atoms with Gasteiger partial charge in [0.15, 0.2) is 0 Å². The first kappa shape index (κ1) is 15.3. The molecule has 1 aromatic carbocycles. The number of carbonyl (C=O) groups is 1. The van der Waals surface area contributed by atoms with Gasteiger partial charge in [0.2, 0.25) is 10.0 Å². The third kappa shape index (κ3) is 3.50. The number of benzene rings is 1. The predicted octanol–water partition coefficient (Wildman–Crippen LogP) is 2.12. The highest BCUT2D eigenvalue weighted by Crippen LogP contribution is 2.31. The Bertz CT molecular complexity index is 602. The molecule has 0 radical (unpaired) electrons. The molecule has 1 aliphatic carbocycles. The van der Waals surface area contributed by atoms with Crippen LogP contribution in [0.4, 0.5) is 0 Å². The molecule has 5 nitrogen and oxygen atoms in total. The second kappa shape index (κ2) is 6.11. The summed E-state index contributed by atoms with van der Waals surface area (Å²) in [4.78, 5) is 11.1. The molecule has 110 valence electrons. The molecule has 0 aliphatic heterocycles. The maximum absolute atomic E-state index is 12.1. The number of rotatable bonds is 5. The van der Waals surface area contributed by atoms with Crippen LogP contribution in [0.25, 0.3) is 0 Å². The van der Waals surface area contributed by atoms with Gasteiger partial charge < -0.3 is 5.11 Å². The number of carboxylic acid groups (broad SMARTS) is 1. The molecule has 1 aliphatic rings. The molecule has 2 N–H and O–H groups in total. The Kier molecular flexibility index (Phi) is 4.67. The summed E-state index contributed by atoms with van der Waals surface area (Å²) in [6.45, 7) is 0.145. The van der Waals surface area contributed by atoms with Crippen LogP contribution in [0, 0.1) is 11.8 Å². The molecule has 2 unspecified atom stereocenters. The number of sulfonamides is 1. The standard InChI is InChI=1S/C13H16ClNO4S/c14-10-4-2-5-11(7-10)20(18,19)15-8-9-3-1-6-12(9)13(16)17/h2,4-5,7,9,12,15H,1,3,6,8H2,(H,16,17). The van der Waals surface area contributed by atoms with Crippen LogP contribution in [0.15, 0.2) is 29.2 Å². The quantitative estimate of drug-likeness (QED) is 0.871. The molecule has 2 atom stereocenters. The number of hydrogen-bond donors (Lipinski definition) is 2. The van der Waals surface area contributed by atoms with Gasteiger partial charge in [0, 0.05) is 11.6 Å². The molecule has 2 rings (SSSR count). The van der Waals surface area contributed by atoms with E-state index in [0.29, 0.717) is 11.4 Å². The topological polar surface area (TPSA) is 83.5 Å². The van der Waals surface area contributed by atoms with Crippen molar-refractivity contribution in [3.8, 4) is 0 Å². The normalized spacial score (nSPS) is 22.9. The molecule has 20 heavy (non-hydrogen) atoms. The molecular formula is C13H16ClNO4S. The maximum atomic E-state index is 12.1. The summed E-state index contributed by atoms with van der Waals surface area (Å²) in [6.07, 6.45) is 2.16. The van der Waals surface area contributed by atoms with Gasteiger partial charge in [-0.2, -0.15) is 0 Å². The van der Waals surface area contributed by atoms with E-state index >= 15 is 0 Å². The van der Waals surface area contributed by atoms with Crippen molar-refractivity contribution in [2.75, 3.05) is 6.54 Å². The first-order valence-electron chi connectivity index (χ1n) is 6.38. The first-order valence-corrected chi connectivity index (χ1v) is 8.24. The van der Waals surface area contributed by atoms with Crippen molar-refractivity contribution < 1.29 is 18.3 Å². The van der Waals surface area contributed by atoms with Crippen LogP contribution in [0.5, 0.6) is 0 Å². The molecule has 0 heterocycles. The first-order chi connectivity index (χ1) is 9.40. The summed E-state index contributed by atoms with van der Waals surface area (Å²) in [5, 5.41) is 9.42. The van der Waals surface area contributed by atoms with E-state index in [-0.39, 0.29) is 17.4 Å². The van der Waals surface area contributed by atoms with E-state index in [9.17, 15) is 13.2 Å². The molecule has 0 bridgehead atoms. The van der Waals surface area contributed by atoms with Gasteiger partial charge in [-0.3, -0.25) is 4.79 Å². The lowest BCUT2D eigenvalue weighted by atomic mass is 9.97. The van der Waals surface area contributed by atoms with E-state index < -0.39 is 21.9 Å². The van der Waals surface area contributed by atoms with Gasteiger partial charge in [0.1, 0.15) is 0 Å². The summed E-state index contributed by atoms with van der Waals surface area (Å²) < 4.78 is 26.7. The lowest BCUT2D eigenvalue weighted by molar-refractivity contribution is -0.142. The number of nitrogens with one attached hydrogen (secondary N) is 1. The predicted molar refractivity (Wildman–Crippen MR) is 75.1 cm³/mol. The van der Waals surface area contributed by atoms with Gasteiger partial charge in [0.05, 0.1) is 10.8 Å². The van der Waals surface area contributed by atoms with Gasteiger partial charge >= 0.3 is 5.97 Å². The SMILES string of the molecule is O=C(O)C1CCCC1CNS(=O)(=O)c1cccc(Cl)c1. The zero-order valence-corrected chi connectivity index (χ0v) is 12.3. The molecule has 0 spiro atoms. The van der Waals surface area contributed by atoms with Crippen molar-refractivity contribution in [3.63, 3.8) is 0 Å². The van der Waals surface area contributed by atoms with Gasteiger partial charge in [-0.05, 0) is 37.0 Å². The van der Waals surface area contributed by atoms with E-state index in [1.807, 2.05) is 0 Å². The fourth-order valence-corrected chi connectivity index (χ4v) is 3.94. The summed E-state index contributed by atoms with van der Waals surface area (Å²) in [5.74, 6) is -1.46. The van der Waals surface area contributed by atoms with Gasteiger partial charge in [-0.1, -0.05) is 24.1 Å². The lowest BCUT2D eigenvalue weighted by Gasteiger charge is -2.16. The third-order valence-electron chi connectivity index (χ3n) is 3.62. The summed E-state index contributed by atoms with van der Waals surface area (Å²) in [7, 11) is -3.65. The Morgan fingerprint density at radius 3 is 2.80 bits per heavy atom. The Morgan fingerprint density at radius 2 is 2.15 bits per heavy atom. The van der Waals surface area contributed by atoms with Crippen LogP contribution < -0.4 is 4.72 Å². The molecule has 1 aromatic rings. The number of hydrogen-bond acceptors (Lipinski definition) is 3. The van der Waals surface area contributed by atoms with Crippen LogP contribution in [0.1, 0.15) is 19.3 Å². The monoisotopic (exact) mass is 317 g/mol. The van der Waals surface area contributed by atoms with E-state index in [4.69, 9.17) is 16.7 Å². The van der Waals surface area contributed by atoms with E-state index in [2.05, 4.69) is 4.72 Å². The van der Waals surface area contributed by atoms with E-state index in [0.717, 1.165) is 12.8 Å². The molecule has 1 saturated carbocycles. The van der Waals surface area contributed by atoms with Crippen LogP contribution in [-0.4, -0.2) is 26.0 Å². The van der Waals surface area contributed by atoms with E-state index in [1.54, 1.807) is 12.1 Å². The van der Waals surface area contributed by atoms with Crippen LogP contribution in [0.3, 0.4) is 0 Å².